The summed E-state index contributed by atoms with van der Waals surface area (Å²) in [6.07, 6.45) is 0. The molecule has 1 saturated heterocycles. The number of nitrogens with zero attached hydrogens (tertiary/aromatic N) is 3. The number of halogens is 1. The van der Waals surface area contributed by atoms with Crippen molar-refractivity contribution in [1.82, 2.24) is 15.5 Å². The molecule has 76 valence electrons. The van der Waals surface area contributed by atoms with Crippen LogP contribution in [0.2, 0.25) is 0 Å². The molecule has 0 spiro atoms. The van der Waals surface area contributed by atoms with Gasteiger partial charge in [0.1, 0.15) is 3.70 Å². The van der Waals surface area contributed by atoms with Crippen molar-refractivity contribution < 1.29 is 0 Å². The second kappa shape index (κ2) is 4.39. The molecule has 5 heteroatoms. The van der Waals surface area contributed by atoms with E-state index < -0.39 is 0 Å². The quantitative estimate of drug-likeness (QED) is 0.782. The van der Waals surface area contributed by atoms with Gasteiger partial charge in [0.15, 0.2) is 5.82 Å². The van der Waals surface area contributed by atoms with Crippen LogP contribution in [0.4, 0.5) is 5.82 Å². The molecule has 1 aromatic rings. The van der Waals surface area contributed by atoms with Crippen LogP contribution in [0.25, 0.3) is 0 Å². The number of aromatic nitrogens is 2. The van der Waals surface area contributed by atoms with E-state index in [1.807, 2.05) is 12.1 Å². The predicted molar refractivity (Wildman–Crippen MR) is 64.4 cm³/mol. The summed E-state index contributed by atoms with van der Waals surface area (Å²) in [6, 6.07) is 4.56. The van der Waals surface area contributed by atoms with Gasteiger partial charge in [0.2, 0.25) is 0 Å². The minimum Gasteiger partial charge on any atom is -0.352 e. The molecule has 1 N–H and O–H groups in total. The van der Waals surface area contributed by atoms with Crippen molar-refractivity contribution in [3.05, 3.63) is 15.8 Å². The molecule has 4 nitrogen and oxygen atoms in total. The van der Waals surface area contributed by atoms with Crippen LogP contribution in [0.5, 0.6) is 0 Å². The zero-order valence-electron chi connectivity index (χ0n) is 8.07. The van der Waals surface area contributed by atoms with Crippen LogP contribution in [0.1, 0.15) is 6.92 Å². The van der Waals surface area contributed by atoms with Crippen molar-refractivity contribution >= 4 is 28.4 Å². The molecule has 1 aliphatic heterocycles. The average Bonchev–Trinajstić information content (AvgIpc) is 2.19. The van der Waals surface area contributed by atoms with Crippen molar-refractivity contribution in [3.63, 3.8) is 0 Å². The van der Waals surface area contributed by atoms with Crippen LogP contribution >= 0.6 is 22.6 Å². The molecule has 0 radical (unpaired) electrons. The average molecular weight is 304 g/mol. The Morgan fingerprint density at radius 2 is 2.36 bits per heavy atom. The van der Waals surface area contributed by atoms with E-state index in [4.69, 9.17) is 0 Å². The number of rotatable bonds is 1. The van der Waals surface area contributed by atoms with E-state index in [0.717, 1.165) is 29.2 Å². The summed E-state index contributed by atoms with van der Waals surface area (Å²) in [5.41, 5.74) is 0. The lowest BCUT2D eigenvalue weighted by molar-refractivity contribution is 0.481. The van der Waals surface area contributed by atoms with E-state index in [0.29, 0.717) is 6.04 Å². The fourth-order valence-corrected chi connectivity index (χ4v) is 1.91. The number of anilines is 1. The monoisotopic (exact) mass is 304 g/mol. The Kier molecular flexibility index (Phi) is 3.17. The van der Waals surface area contributed by atoms with Crippen molar-refractivity contribution in [2.45, 2.75) is 13.0 Å². The second-order valence-corrected chi connectivity index (χ2v) is 4.62. The van der Waals surface area contributed by atoms with E-state index in [-0.39, 0.29) is 0 Å². The minimum atomic E-state index is 0.532. The Morgan fingerprint density at radius 3 is 3.00 bits per heavy atom. The Hall–Kier alpha value is -0.430. The molecule has 2 rings (SSSR count). The van der Waals surface area contributed by atoms with Gasteiger partial charge in [-0.2, -0.15) is 0 Å². The van der Waals surface area contributed by atoms with Crippen LogP contribution in [0.15, 0.2) is 12.1 Å². The molecule has 0 amide bonds. The molecule has 0 aromatic carbocycles. The van der Waals surface area contributed by atoms with Crippen LogP contribution < -0.4 is 10.2 Å². The highest BCUT2D eigenvalue weighted by atomic mass is 127. The highest BCUT2D eigenvalue weighted by Gasteiger charge is 2.16. The van der Waals surface area contributed by atoms with Gasteiger partial charge in [-0.3, -0.25) is 0 Å². The molecule has 1 aliphatic rings. The SMILES string of the molecule is CC1CN(c2ccc(I)nn2)CCN1. The Balaban J connectivity index is 2.10. The smallest absolute Gasteiger partial charge is 0.151 e. The van der Waals surface area contributed by atoms with Crippen molar-refractivity contribution in [1.29, 1.82) is 0 Å². The van der Waals surface area contributed by atoms with Gasteiger partial charge in [-0.25, -0.2) is 0 Å². The predicted octanol–water partition coefficient (Wildman–Crippen LogP) is 0.879. The summed E-state index contributed by atoms with van der Waals surface area (Å²) in [7, 11) is 0. The molecular formula is C9H13IN4. The first-order valence-electron chi connectivity index (χ1n) is 4.73. The first-order chi connectivity index (χ1) is 6.75. The minimum absolute atomic E-state index is 0.532. The Bertz CT molecular complexity index is 300. The van der Waals surface area contributed by atoms with Gasteiger partial charge in [-0.1, -0.05) is 0 Å². The van der Waals surface area contributed by atoms with E-state index in [1.54, 1.807) is 0 Å². The maximum absolute atomic E-state index is 4.18. The molecule has 1 fully saturated rings. The van der Waals surface area contributed by atoms with Crippen molar-refractivity contribution in [2.24, 2.45) is 0 Å². The molecule has 0 aliphatic carbocycles. The molecule has 1 atom stereocenters. The molecular weight excluding hydrogens is 291 g/mol. The summed E-state index contributed by atoms with van der Waals surface area (Å²) < 4.78 is 0.939. The summed E-state index contributed by atoms with van der Waals surface area (Å²) in [5.74, 6) is 0.985. The van der Waals surface area contributed by atoms with Gasteiger partial charge in [0.25, 0.3) is 0 Å². The van der Waals surface area contributed by atoms with Crippen LogP contribution in [-0.2, 0) is 0 Å². The van der Waals surface area contributed by atoms with E-state index in [9.17, 15) is 0 Å². The van der Waals surface area contributed by atoms with Crippen LogP contribution in [0, 0.1) is 3.70 Å². The summed E-state index contributed by atoms with van der Waals surface area (Å²) in [5, 5.41) is 11.6. The normalized spacial score (nSPS) is 22.4. The van der Waals surface area contributed by atoms with Gasteiger partial charge >= 0.3 is 0 Å². The Labute approximate surface area is 97.2 Å². The van der Waals surface area contributed by atoms with Gasteiger partial charge in [0, 0.05) is 25.7 Å². The second-order valence-electron chi connectivity index (χ2n) is 3.52. The first-order valence-corrected chi connectivity index (χ1v) is 5.81. The van der Waals surface area contributed by atoms with E-state index in [1.165, 1.54) is 0 Å². The zero-order valence-corrected chi connectivity index (χ0v) is 10.2. The maximum atomic E-state index is 4.18. The van der Waals surface area contributed by atoms with Crippen LogP contribution in [-0.4, -0.2) is 35.9 Å². The fraction of sp³-hybridized carbons (Fsp3) is 0.556. The summed E-state index contributed by atoms with van der Waals surface area (Å²) >= 11 is 2.17. The number of hydrogen-bond donors (Lipinski definition) is 1. The van der Waals surface area contributed by atoms with Gasteiger partial charge in [-0.05, 0) is 41.6 Å². The number of nitrogens with one attached hydrogen (secondary N) is 1. The molecule has 1 aromatic heterocycles. The topological polar surface area (TPSA) is 41.1 Å². The zero-order chi connectivity index (χ0) is 9.97. The van der Waals surface area contributed by atoms with Gasteiger partial charge in [0.05, 0.1) is 0 Å². The lowest BCUT2D eigenvalue weighted by Crippen LogP contribution is -2.49. The summed E-state index contributed by atoms with van der Waals surface area (Å²) in [4.78, 5) is 2.27. The molecule has 1 unspecified atom stereocenters. The molecule has 14 heavy (non-hydrogen) atoms. The van der Waals surface area contributed by atoms with Crippen molar-refractivity contribution in [2.75, 3.05) is 24.5 Å². The number of hydrogen-bond acceptors (Lipinski definition) is 4. The largest absolute Gasteiger partial charge is 0.352 e. The standard InChI is InChI=1S/C9H13IN4/c1-7-6-14(5-4-11-7)9-3-2-8(10)12-13-9/h2-3,7,11H,4-6H2,1H3. The lowest BCUT2D eigenvalue weighted by atomic mass is 10.2. The van der Waals surface area contributed by atoms with E-state index >= 15 is 0 Å². The van der Waals surface area contributed by atoms with Gasteiger partial charge in [-0.15, -0.1) is 10.2 Å². The third-order valence-electron chi connectivity index (χ3n) is 2.31. The summed E-state index contributed by atoms with van der Waals surface area (Å²) in [6.45, 7) is 5.23. The third-order valence-corrected chi connectivity index (χ3v) is 2.89. The molecule has 0 saturated carbocycles. The molecule has 2 heterocycles. The maximum Gasteiger partial charge on any atom is 0.151 e. The third kappa shape index (κ3) is 2.33. The Morgan fingerprint density at radius 1 is 1.50 bits per heavy atom. The fourth-order valence-electron chi connectivity index (χ4n) is 1.62. The van der Waals surface area contributed by atoms with Crippen LogP contribution in [0.3, 0.4) is 0 Å². The highest BCUT2D eigenvalue weighted by molar-refractivity contribution is 14.1. The van der Waals surface area contributed by atoms with Crippen molar-refractivity contribution in [3.8, 4) is 0 Å². The number of piperazine rings is 1. The lowest BCUT2D eigenvalue weighted by Gasteiger charge is -2.32. The highest BCUT2D eigenvalue weighted by Crippen LogP contribution is 2.12. The van der Waals surface area contributed by atoms with E-state index in [2.05, 4.69) is 49.9 Å². The van der Waals surface area contributed by atoms with Gasteiger partial charge < -0.3 is 10.2 Å². The molecule has 0 bridgehead atoms. The first kappa shape index (κ1) is 10.1.